The molecule has 9 heteroatoms. The summed E-state index contributed by atoms with van der Waals surface area (Å²) < 4.78 is 0.990. The molecule has 1 amide bonds. The molecule has 1 aliphatic heterocycles. The van der Waals surface area contributed by atoms with Gasteiger partial charge in [0.05, 0.1) is 11.8 Å². The van der Waals surface area contributed by atoms with Crippen LogP contribution in [0.25, 0.3) is 0 Å². The first-order valence-electron chi connectivity index (χ1n) is 9.06. The Labute approximate surface area is 167 Å². The van der Waals surface area contributed by atoms with Gasteiger partial charge in [0.15, 0.2) is 0 Å². The molecule has 1 aromatic heterocycles. The second-order valence-corrected chi connectivity index (χ2v) is 6.97. The summed E-state index contributed by atoms with van der Waals surface area (Å²) in [5.74, 6) is -0.790. The Morgan fingerprint density at radius 3 is 2.55 bits per heavy atom. The lowest BCUT2D eigenvalue weighted by molar-refractivity contribution is -0.130. The average molecular weight is 397 g/mol. The number of amides is 1. The van der Waals surface area contributed by atoms with Crippen molar-refractivity contribution in [2.75, 3.05) is 19.0 Å². The van der Waals surface area contributed by atoms with Gasteiger partial charge in [0.2, 0.25) is 11.8 Å². The van der Waals surface area contributed by atoms with Crippen molar-refractivity contribution in [3.8, 4) is 5.88 Å². The normalized spacial score (nSPS) is 15.9. The number of aromatic amines is 1. The minimum Gasteiger partial charge on any atom is -0.494 e. The molecule has 0 radical (unpaired) electrons. The van der Waals surface area contributed by atoms with E-state index in [9.17, 15) is 19.5 Å². The third-order valence-corrected chi connectivity index (χ3v) is 4.80. The largest absolute Gasteiger partial charge is 0.494 e. The number of H-pyrrole nitrogens is 1. The number of aromatic hydroxyl groups is 1. The molecule has 9 nitrogen and oxygen atoms in total. The number of carbonyl (C=O) groups excluding carboxylic acids is 1. The van der Waals surface area contributed by atoms with Crippen molar-refractivity contribution in [2.24, 2.45) is 5.10 Å². The number of rotatable bonds is 5. The zero-order chi connectivity index (χ0) is 21.3. The molecule has 0 saturated carbocycles. The van der Waals surface area contributed by atoms with Crippen LogP contribution in [0.3, 0.4) is 0 Å². The Hall–Kier alpha value is -3.62. The van der Waals surface area contributed by atoms with Crippen LogP contribution in [-0.2, 0) is 11.3 Å². The molecule has 2 N–H and O–H groups in total. The fourth-order valence-corrected chi connectivity index (χ4v) is 3.32. The molecule has 152 valence electrons. The van der Waals surface area contributed by atoms with E-state index in [0.717, 1.165) is 15.8 Å². The number of nitrogens with zero attached hydrogens (tertiary/aromatic N) is 4. The summed E-state index contributed by atoms with van der Waals surface area (Å²) in [4.78, 5) is 40.7. The van der Waals surface area contributed by atoms with E-state index in [-0.39, 0.29) is 30.1 Å². The molecule has 0 spiro atoms. The monoisotopic (exact) mass is 397 g/mol. The predicted molar refractivity (Wildman–Crippen MR) is 110 cm³/mol. The van der Waals surface area contributed by atoms with Gasteiger partial charge < -0.3 is 10.0 Å². The lowest BCUT2D eigenvalue weighted by atomic mass is 9.99. The SMILES string of the molecule is C=CCn1c(O)c(C2=NN(C(C)=O)[C@@H](c3ccc(N(C)C)cc3)C2)c(=O)[nH]c1=O. The van der Waals surface area contributed by atoms with Gasteiger partial charge in [0.25, 0.3) is 5.56 Å². The number of hydrogen-bond acceptors (Lipinski definition) is 6. The van der Waals surface area contributed by atoms with E-state index < -0.39 is 23.2 Å². The van der Waals surface area contributed by atoms with Gasteiger partial charge in [-0.15, -0.1) is 6.58 Å². The van der Waals surface area contributed by atoms with E-state index in [1.165, 1.54) is 18.0 Å². The zero-order valence-electron chi connectivity index (χ0n) is 16.5. The molecule has 0 fully saturated rings. The lowest BCUT2D eigenvalue weighted by Gasteiger charge is -2.21. The molecule has 3 rings (SSSR count). The minimum atomic E-state index is -0.751. The molecular formula is C20H23N5O4. The Balaban J connectivity index is 2.05. The van der Waals surface area contributed by atoms with E-state index in [0.29, 0.717) is 0 Å². The van der Waals surface area contributed by atoms with Crippen LogP contribution in [0.1, 0.15) is 30.5 Å². The maximum Gasteiger partial charge on any atom is 0.331 e. The smallest absolute Gasteiger partial charge is 0.331 e. The Morgan fingerprint density at radius 1 is 1.34 bits per heavy atom. The van der Waals surface area contributed by atoms with Crippen molar-refractivity contribution in [1.82, 2.24) is 14.6 Å². The molecule has 1 aromatic carbocycles. The van der Waals surface area contributed by atoms with E-state index in [1.54, 1.807) is 0 Å². The molecule has 2 heterocycles. The number of hydrazone groups is 1. The summed E-state index contributed by atoms with van der Waals surface area (Å²) in [6, 6.07) is 7.24. The first kappa shape index (κ1) is 20.1. The zero-order valence-corrected chi connectivity index (χ0v) is 16.5. The Bertz CT molecular complexity index is 1100. The number of allylic oxidation sites excluding steroid dienone is 1. The van der Waals surface area contributed by atoms with Gasteiger partial charge in [-0.05, 0) is 17.7 Å². The highest BCUT2D eigenvalue weighted by Gasteiger charge is 2.34. The van der Waals surface area contributed by atoms with E-state index in [2.05, 4.69) is 16.7 Å². The fourth-order valence-electron chi connectivity index (χ4n) is 3.32. The second-order valence-electron chi connectivity index (χ2n) is 6.97. The van der Waals surface area contributed by atoms with Crippen LogP contribution in [-0.4, -0.2) is 45.4 Å². The molecule has 0 unspecified atom stereocenters. The molecule has 0 saturated heterocycles. The molecular weight excluding hydrogens is 374 g/mol. The van der Waals surface area contributed by atoms with Gasteiger partial charge in [-0.25, -0.2) is 9.80 Å². The number of nitrogens with one attached hydrogen (secondary N) is 1. The average Bonchev–Trinajstić information content (AvgIpc) is 3.10. The van der Waals surface area contributed by atoms with Crippen LogP contribution in [0, 0.1) is 0 Å². The maximum atomic E-state index is 12.4. The van der Waals surface area contributed by atoms with Gasteiger partial charge in [-0.1, -0.05) is 18.2 Å². The lowest BCUT2D eigenvalue weighted by Crippen LogP contribution is -2.33. The van der Waals surface area contributed by atoms with Crippen molar-refractivity contribution in [3.63, 3.8) is 0 Å². The molecule has 0 bridgehead atoms. The first-order valence-corrected chi connectivity index (χ1v) is 9.06. The van der Waals surface area contributed by atoms with Gasteiger partial charge in [-0.3, -0.25) is 19.1 Å². The van der Waals surface area contributed by atoms with Gasteiger partial charge >= 0.3 is 5.69 Å². The maximum absolute atomic E-state index is 12.4. The van der Waals surface area contributed by atoms with Crippen molar-refractivity contribution in [3.05, 3.63) is 68.9 Å². The first-order chi connectivity index (χ1) is 13.7. The van der Waals surface area contributed by atoms with Gasteiger partial charge in [0.1, 0.15) is 5.56 Å². The number of aromatic nitrogens is 2. The Morgan fingerprint density at radius 2 is 2.00 bits per heavy atom. The summed E-state index contributed by atoms with van der Waals surface area (Å²) in [6.45, 7) is 4.95. The van der Waals surface area contributed by atoms with Crippen LogP contribution in [0.5, 0.6) is 5.88 Å². The van der Waals surface area contributed by atoms with Crippen molar-refractivity contribution >= 4 is 17.3 Å². The standard InChI is InChI=1S/C20H23N5O4/c1-5-10-24-19(28)17(18(27)21-20(24)29)15-11-16(25(22-15)12(2)26)13-6-8-14(9-7-13)23(3)4/h5-9,16,28H,1,10-11H2,2-4H3,(H,21,27,29)/t16-/m1/s1. The van der Waals surface area contributed by atoms with Gasteiger partial charge in [0, 0.05) is 39.7 Å². The summed E-state index contributed by atoms with van der Waals surface area (Å²) in [6.07, 6.45) is 1.65. The molecule has 1 aliphatic rings. The summed E-state index contributed by atoms with van der Waals surface area (Å²) in [5, 5.41) is 16.1. The second kappa shape index (κ2) is 7.78. The molecule has 29 heavy (non-hydrogen) atoms. The topological polar surface area (TPSA) is 111 Å². The van der Waals surface area contributed by atoms with E-state index >= 15 is 0 Å². The third kappa shape index (κ3) is 3.71. The van der Waals surface area contributed by atoms with Crippen molar-refractivity contribution in [1.29, 1.82) is 0 Å². The van der Waals surface area contributed by atoms with Crippen molar-refractivity contribution in [2.45, 2.75) is 25.9 Å². The highest BCUT2D eigenvalue weighted by molar-refractivity contribution is 6.04. The summed E-state index contributed by atoms with van der Waals surface area (Å²) >= 11 is 0. The summed E-state index contributed by atoms with van der Waals surface area (Å²) in [5.41, 5.74) is 0.476. The van der Waals surface area contributed by atoms with Crippen LogP contribution in [0.2, 0.25) is 0 Å². The van der Waals surface area contributed by atoms with Crippen LogP contribution < -0.4 is 16.1 Å². The van der Waals surface area contributed by atoms with Crippen LogP contribution in [0.4, 0.5) is 5.69 Å². The molecule has 0 aliphatic carbocycles. The molecule has 1 atom stereocenters. The Kier molecular flexibility index (Phi) is 5.40. The number of benzene rings is 1. The summed E-state index contributed by atoms with van der Waals surface area (Å²) in [7, 11) is 3.86. The third-order valence-electron chi connectivity index (χ3n) is 4.80. The van der Waals surface area contributed by atoms with E-state index in [4.69, 9.17) is 0 Å². The molecule has 2 aromatic rings. The van der Waals surface area contributed by atoms with Crippen molar-refractivity contribution < 1.29 is 9.90 Å². The highest BCUT2D eigenvalue weighted by atomic mass is 16.3. The highest BCUT2D eigenvalue weighted by Crippen LogP contribution is 2.34. The predicted octanol–water partition coefficient (Wildman–Crippen LogP) is 1.19. The fraction of sp³-hybridized carbons (Fsp3) is 0.300. The number of carbonyl (C=O) groups is 1. The number of hydrogen-bond donors (Lipinski definition) is 2. The minimum absolute atomic E-state index is 0.0214. The van der Waals surface area contributed by atoms with Crippen LogP contribution >= 0.6 is 0 Å². The number of anilines is 1. The van der Waals surface area contributed by atoms with Crippen LogP contribution in [0.15, 0.2) is 51.6 Å². The van der Waals surface area contributed by atoms with E-state index in [1.807, 2.05) is 43.3 Å². The van der Waals surface area contributed by atoms with Gasteiger partial charge in [-0.2, -0.15) is 5.10 Å². The quantitative estimate of drug-likeness (QED) is 0.737.